The van der Waals surface area contributed by atoms with Crippen LogP contribution in [0.4, 0.5) is 0 Å². The second-order valence-electron chi connectivity index (χ2n) is 5.81. The molecule has 0 radical (unpaired) electrons. The van der Waals surface area contributed by atoms with Crippen molar-refractivity contribution < 1.29 is 4.79 Å². The van der Waals surface area contributed by atoms with E-state index in [-0.39, 0.29) is 11.9 Å². The van der Waals surface area contributed by atoms with Crippen molar-refractivity contribution in [3.05, 3.63) is 35.9 Å². The largest absolute Gasteiger partial charge is 0.354 e. The number of amides is 1. The zero-order valence-electron chi connectivity index (χ0n) is 12.6. The maximum absolute atomic E-state index is 11.8. The molecule has 1 aliphatic carbocycles. The van der Waals surface area contributed by atoms with E-state index in [1.54, 1.807) is 0 Å². The van der Waals surface area contributed by atoms with E-state index in [0.717, 1.165) is 18.9 Å². The fraction of sp³-hybridized carbons (Fsp3) is 0.588. The van der Waals surface area contributed by atoms with Gasteiger partial charge in [0.25, 0.3) is 0 Å². The summed E-state index contributed by atoms with van der Waals surface area (Å²) in [5.41, 5.74) is 1.34. The van der Waals surface area contributed by atoms with Crippen LogP contribution in [0.2, 0.25) is 0 Å². The molecule has 2 unspecified atom stereocenters. The van der Waals surface area contributed by atoms with Crippen molar-refractivity contribution in [2.45, 2.75) is 51.6 Å². The van der Waals surface area contributed by atoms with Crippen LogP contribution in [0.1, 0.15) is 51.1 Å². The topological polar surface area (TPSA) is 41.1 Å². The van der Waals surface area contributed by atoms with Crippen LogP contribution in [-0.2, 0) is 4.79 Å². The van der Waals surface area contributed by atoms with Crippen LogP contribution in [0.15, 0.2) is 30.3 Å². The van der Waals surface area contributed by atoms with Crippen LogP contribution < -0.4 is 10.6 Å². The van der Waals surface area contributed by atoms with E-state index in [4.69, 9.17) is 0 Å². The van der Waals surface area contributed by atoms with Gasteiger partial charge in [0.15, 0.2) is 0 Å². The van der Waals surface area contributed by atoms with Crippen LogP contribution in [-0.4, -0.2) is 18.5 Å². The minimum Gasteiger partial charge on any atom is -0.354 e. The van der Waals surface area contributed by atoms with Gasteiger partial charge in [-0.1, -0.05) is 37.3 Å². The molecular formula is C17H26N2O. The SMILES string of the molecule is CCC(C)NC(=O)CCNC(c1ccccc1)C1CC1. The van der Waals surface area contributed by atoms with Crippen LogP contribution in [0.25, 0.3) is 0 Å². The standard InChI is InChI=1S/C17H26N2O/c1-3-13(2)19-16(20)11-12-18-17(15-9-10-15)14-7-5-4-6-8-14/h4-8,13,15,17-18H,3,9-12H2,1-2H3,(H,19,20). The van der Waals surface area contributed by atoms with Gasteiger partial charge in [-0.05, 0) is 37.7 Å². The first kappa shape index (κ1) is 15.0. The van der Waals surface area contributed by atoms with Crippen molar-refractivity contribution in [2.75, 3.05) is 6.54 Å². The first-order valence-electron chi connectivity index (χ1n) is 7.78. The molecule has 3 nitrogen and oxygen atoms in total. The van der Waals surface area contributed by atoms with E-state index in [2.05, 4.69) is 41.8 Å². The molecule has 2 N–H and O–H groups in total. The molecular weight excluding hydrogens is 248 g/mol. The lowest BCUT2D eigenvalue weighted by atomic mass is 10.0. The summed E-state index contributed by atoms with van der Waals surface area (Å²) in [5, 5.41) is 6.57. The Labute approximate surface area is 122 Å². The average Bonchev–Trinajstić information content (AvgIpc) is 3.29. The molecule has 1 aliphatic rings. The van der Waals surface area contributed by atoms with Crippen molar-refractivity contribution in [1.82, 2.24) is 10.6 Å². The van der Waals surface area contributed by atoms with Gasteiger partial charge in [-0.3, -0.25) is 4.79 Å². The molecule has 3 heteroatoms. The third-order valence-corrected chi connectivity index (χ3v) is 3.99. The third kappa shape index (κ3) is 4.64. The van der Waals surface area contributed by atoms with Crippen molar-refractivity contribution in [2.24, 2.45) is 5.92 Å². The highest BCUT2D eigenvalue weighted by Gasteiger charge is 2.31. The molecule has 0 aliphatic heterocycles. The lowest BCUT2D eigenvalue weighted by Gasteiger charge is -2.19. The molecule has 0 spiro atoms. The minimum atomic E-state index is 0.148. The molecule has 0 bridgehead atoms. The number of carbonyl (C=O) groups excluding carboxylic acids is 1. The Balaban J connectivity index is 1.78. The highest BCUT2D eigenvalue weighted by Crippen LogP contribution is 2.40. The van der Waals surface area contributed by atoms with E-state index < -0.39 is 0 Å². The third-order valence-electron chi connectivity index (χ3n) is 3.99. The van der Waals surface area contributed by atoms with Crippen LogP contribution in [0, 0.1) is 5.92 Å². The maximum atomic E-state index is 11.8. The van der Waals surface area contributed by atoms with Gasteiger partial charge in [-0.15, -0.1) is 0 Å². The molecule has 1 fully saturated rings. The zero-order valence-corrected chi connectivity index (χ0v) is 12.6. The summed E-state index contributed by atoms with van der Waals surface area (Å²) >= 11 is 0. The predicted octanol–water partition coefficient (Wildman–Crippen LogP) is 3.03. The van der Waals surface area contributed by atoms with Gasteiger partial charge in [-0.2, -0.15) is 0 Å². The minimum absolute atomic E-state index is 0.148. The van der Waals surface area contributed by atoms with Gasteiger partial charge in [0.05, 0.1) is 0 Å². The molecule has 110 valence electrons. The van der Waals surface area contributed by atoms with E-state index in [1.807, 2.05) is 13.0 Å². The number of carbonyl (C=O) groups is 1. The Bertz CT molecular complexity index is 414. The molecule has 2 atom stereocenters. The maximum Gasteiger partial charge on any atom is 0.221 e. The molecule has 2 rings (SSSR count). The van der Waals surface area contributed by atoms with Gasteiger partial charge in [-0.25, -0.2) is 0 Å². The number of hydrogen-bond donors (Lipinski definition) is 2. The summed E-state index contributed by atoms with van der Waals surface area (Å²) in [4.78, 5) is 11.8. The first-order valence-corrected chi connectivity index (χ1v) is 7.78. The smallest absolute Gasteiger partial charge is 0.221 e. The van der Waals surface area contributed by atoms with Crippen molar-refractivity contribution in [1.29, 1.82) is 0 Å². The molecule has 20 heavy (non-hydrogen) atoms. The first-order chi connectivity index (χ1) is 9.70. The highest BCUT2D eigenvalue weighted by atomic mass is 16.1. The Morgan fingerprint density at radius 3 is 2.60 bits per heavy atom. The van der Waals surface area contributed by atoms with Gasteiger partial charge >= 0.3 is 0 Å². The van der Waals surface area contributed by atoms with E-state index >= 15 is 0 Å². The van der Waals surface area contributed by atoms with E-state index in [9.17, 15) is 4.79 Å². The van der Waals surface area contributed by atoms with E-state index in [1.165, 1.54) is 18.4 Å². The van der Waals surface area contributed by atoms with Crippen LogP contribution in [0.3, 0.4) is 0 Å². The van der Waals surface area contributed by atoms with Crippen LogP contribution in [0.5, 0.6) is 0 Å². The zero-order chi connectivity index (χ0) is 14.4. The average molecular weight is 274 g/mol. The Morgan fingerprint density at radius 2 is 2.00 bits per heavy atom. The number of benzene rings is 1. The Hall–Kier alpha value is -1.35. The van der Waals surface area contributed by atoms with Gasteiger partial charge in [0, 0.05) is 25.0 Å². The summed E-state index contributed by atoms with van der Waals surface area (Å²) in [6, 6.07) is 11.3. The van der Waals surface area contributed by atoms with E-state index in [0.29, 0.717) is 12.5 Å². The molecule has 1 saturated carbocycles. The summed E-state index contributed by atoms with van der Waals surface area (Å²) in [7, 11) is 0. The van der Waals surface area contributed by atoms with Crippen molar-refractivity contribution >= 4 is 5.91 Å². The fourth-order valence-electron chi connectivity index (χ4n) is 2.44. The molecule has 0 aromatic heterocycles. The fourth-order valence-corrected chi connectivity index (χ4v) is 2.44. The van der Waals surface area contributed by atoms with Gasteiger partial charge in [0.1, 0.15) is 0 Å². The second-order valence-corrected chi connectivity index (χ2v) is 5.81. The molecule has 0 heterocycles. The highest BCUT2D eigenvalue weighted by molar-refractivity contribution is 5.76. The van der Waals surface area contributed by atoms with Crippen LogP contribution >= 0.6 is 0 Å². The monoisotopic (exact) mass is 274 g/mol. The summed E-state index contributed by atoms with van der Waals surface area (Å²) in [6.45, 7) is 4.88. The van der Waals surface area contributed by atoms with Gasteiger partial charge in [0.2, 0.25) is 5.91 Å². The summed E-state index contributed by atoms with van der Waals surface area (Å²) < 4.78 is 0. The lowest BCUT2D eigenvalue weighted by molar-refractivity contribution is -0.121. The normalized spacial score (nSPS) is 17.5. The summed E-state index contributed by atoms with van der Waals surface area (Å²) in [5.74, 6) is 0.893. The number of hydrogen-bond acceptors (Lipinski definition) is 2. The molecule has 1 aromatic carbocycles. The molecule has 1 aromatic rings. The van der Waals surface area contributed by atoms with Crippen molar-refractivity contribution in [3.63, 3.8) is 0 Å². The van der Waals surface area contributed by atoms with Gasteiger partial charge < -0.3 is 10.6 Å². The summed E-state index contributed by atoms with van der Waals surface area (Å²) in [6.07, 6.45) is 4.13. The van der Waals surface area contributed by atoms with Crippen molar-refractivity contribution in [3.8, 4) is 0 Å². The second kappa shape index (κ2) is 7.44. The molecule has 1 amide bonds. The Kier molecular flexibility index (Phi) is 5.60. The number of rotatable bonds is 8. The molecule has 0 saturated heterocycles. The predicted molar refractivity (Wildman–Crippen MR) is 82.4 cm³/mol. The quantitative estimate of drug-likeness (QED) is 0.765. The number of nitrogens with one attached hydrogen (secondary N) is 2. The lowest BCUT2D eigenvalue weighted by Crippen LogP contribution is -2.35. The Morgan fingerprint density at radius 1 is 1.30 bits per heavy atom.